The Kier molecular flexibility index (Phi) is 6.57. The van der Waals surface area contributed by atoms with Gasteiger partial charge in [-0.2, -0.15) is 0 Å². The smallest absolute Gasteiger partial charge is 0.0234 e. The van der Waals surface area contributed by atoms with Gasteiger partial charge in [0.25, 0.3) is 0 Å². The van der Waals surface area contributed by atoms with Gasteiger partial charge in [-0.25, -0.2) is 0 Å². The third-order valence-corrected chi connectivity index (χ3v) is 6.24. The number of hydrogen-bond acceptors (Lipinski definition) is 3. The van der Waals surface area contributed by atoms with E-state index in [2.05, 4.69) is 75.8 Å². The molecule has 4 rings (SSSR count). The third-order valence-electron chi connectivity index (χ3n) is 6.24. The molecule has 144 valence electrons. The van der Waals surface area contributed by atoms with Crippen molar-refractivity contribution in [2.45, 2.75) is 37.8 Å². The predicted molar refractivity (Wildman–Crippen MR) is 113 cm³/mol. The van der Waals surface area contributed by atoms with Crippen molar-refractivity contribution in [3.63, 3.8) is 0 Å². The summed E-state index contributed by atoms with van der Waals surface area (Å²) in [6, 6.07) is 22.6. The zero-order valence-corrected chi connectivity index (χ0v) is 16.4. The molecule has 2 fully saturated rings. The van der Waals surface area contributed by atoms with E-state index in [0.29, 0.717) is 6.04 Å². The Balaban J connectivity index is 1.12. The van der Waals surface area contributed by atoms with E-state index in [1.54, 1.807) is 0 Å². The van der Waals surface area contributed by atoms with Crippen LogP contribution in [0.3, 0.4) is 0 Å². The highest BCUT2D eigenvalue weighted by Gasteiger charge is 2.23. The Labute approximate surface area is 164 Å². The minimum absolute atomic E-state index is 0.663. The summed E-state index contributed by atoms with van der Waals surface area (Å²) in [5.74, 6) is 0.761. The number of nitrogens with zero attached hydrogens (tertiary/aromatic N) is 2. The quantitative estimate of drug-likeness (QED) is 0.809. The number of piperidine rings is 1. The van der Waals surface area contributed by atoms with Crippen molar-refractivity contribution >= 4 is 0 Å². The van der Waals surface area contributed by atoms with Crippen LogP contribution in [0.1, 0.15) is 36.3 Å². The first kappa shape index (κ1) is 18.7. The number of nitrogens with one attached hydrogen (secondary N) is 1. The van der Waals surface area contributed by atoms with Gasteiger partial charge in [0, 0.05) is 38.8 Å². The molecule has 27 heavy (non-hydrogen) atoms. The summed E-state index contributed by atoms with van der Waals surface area (Å²) < 4.78 is 0. The van der Waals surface area contributed by atoms with E-state index in [4.69, 9.17) is 0 Å². The molecule has 0 amide bonds. The van der Waals surface area contributed by atoms with Gasteiger partial charge < -0.3 is 10.2 Å². The zero-order chi connectivity index (χ0) is 18.3. The fourth-order valence-corrected chi connectivity index (χ4v) is 4.63. The predicted octanol–water partition coefficient (Wildman–Crippen LogP) is 3.73. The maximum absolute atomic E-state index is 3.80. The van der Waals surface area contributed by atoms with Crippen molar-refractivity contribution < 1.29 is 0 Å². The summed E-state index contributed by atoms with van der Waals surface area (Å²) in [5.41, 5.74) is 2.96. The second-order valence-electron chi connectivity index (χ2n) is 8.19. The third kappa shape index (κ3) is 5.41. The number of benzene rings is 2. The van der Waals surface area contributed by atoms with E-state index in [1.165, 1.54) is 63.1 Å². The summed E-state index contributed by atoms with van der Waals surface area (Å²) in [7, 11) is 0. The molecule has 1 unspecified atom stereocenters. The largest absolute Gasteiger partial charge is 0.311 e. The number of rotatable bonds is 7. The standard InChI is InChI=1S/C24H33N3/c1-3-7-21(8-4-1)19-27-17-13-24(20-27)25-14-18-26-15-11-23(12-16-26)22-9-5-2-6-10-22/h1-10,23-25H,11-20H2. The van der Waals surface area contributed by atoms with Crippen LogP contribution in [0.25, 0.3) is 0 Å². The molecule has 1 N–H and O–H groups in total. The number of hydrogen-bond donors (Lipinski definition) is 1. The Hall–Kier alpha value is -1.68. The number of likely N-dealkylation sites (tertiary alicyclic amines) is 2. The lowest BCUT2D eigenvalue weighted by Crippen LogP contribution is -2.41. The molecule has 0 radical (unpaired) electrons. The van der Waals surface area contributed by atoms with Gasteiger partial charge in [0.05, 0.1) is 0 Å². The van der Waals surface area contributed by atoms with Crippen LogP contribution in [-0.4, -0.2) is 55.1 Å². The van der Waals surface area contributed by atoms with Crippen LogP contribution in [0.4, 0.5) is 0 Å². The lowest BCUT2D eigenvalue weighted by atomic mass is 9.89. The van der Waals surface area contributed by atoms with Crippen molar-refractivity contribution in [2.24, 2.45) is 0 Å². The van der Waals surface area contributed by atoms with Crippen molar-refractivity contribution in [3.05, 3.63) is 71.8 Å². The van der Waals surface area contributed by atoms with Crippen molar-refractivity contribution in [1.29, 1.82) is 0 Å². The molecule has 2 saturated heterocycles. The van der Waals surface area contributed by atoms with Gasteiger partial charge in [0.1, 0.15) is 0 Å². The van der Waals surface area contributed by atoms with E-state index >= 15 is 0 Å². The monoisotopic (exact) mass is 363 g/mol. The molecule has 2 aromatic carbocycles. The van der Waals surface area contributed by atoms with Crippen LogP contribution in [0.5, 0.6) is 0 Å². The van der Waals surface area contributed by atoms with Gasteiger partial charge in [-0.15, -0.1) is 0 Å². The first-order chi connectivity index (χ1) is 13.4. The molecule has 0 aliphatic carbocycles. The summed E-state index contributed by atoms with van der Waals surface area (Å²) in [6.45, 7) is 8.29. The molecule has 2 aliphatic rings. The summed E-state index contributed by atoms with van der Waals surface area (Å²) >= 11 is 0. The van der Waals surface area contributed by atoms with E-state index in [-0.39, 0.29) is 0 Å². The topological polar surface area (TPSA) is 18.5 Å². The van der Waals surface area contributed by atoms with Crippen LogP contribution in [0, 0.1) is 0 Å². The lowest BCUT2D eigenvalue weighted by Gasteiger charge is -2.32. The Morgan fingerprint density at radius 1 is 0.778 bits per heavy atom. The molecule has 2 heterocycles. The van der Waals surface area contributed by atoms with Crippen molar-refractivity contribution in [3.8, 4) is 0 Å². The maximum atomic E-state index is 3.80. The minimum atomic E-state index is 0.663. The molecular weight excluding hydrogens is 330 g/mol. The van der Waals surface area contributed by atoms with Gasteiger partial charge >= 0.3 is 0 Å². The van der Waals surface area contributed by atoms with Crippen LogP contribution in [0.15, 0.2) is 60.7 Å². The summed E-state index contributed by atoms with van der Waals surface area (Å²) in [5, 5.41) is 3.80. The van der Waals surface area contributed by atoms with Gasteiger partial charge in [0.2, 0.25) is 0 Å². The molecule has 0 bridgehead atoms. The first-order valence-electron chi connectivity index (χ1n) is 10.6. The van der Waals surface area contributed by atoms with Gasteiger partial charge in [-0.1, -0.05) is 60.7 Å². The fourth-order valence-electron chi connectivity index (χ4n) is 4.63. The molecular formula is C24H33N3. The highest BCUT2D eigenvalue weighted by Crippen LogP contribution is 2.27. The maximum Gasteiger partial charge on any atom is 0.0234 e. The van der Waals surface area contributed by atoms with Crippen molar-refractivity contribution in [2.75, 3.05) is 39.3 Å². The average Bonchev–Trinajstić information content (AvgIpc) is 3.17. The summed E-state index contributed by atoms with van der Waals surface area (Å²) in [4.78, 5) is 5.22. The Bertz CT molecular complexity index is 663. The van der Waals surface area contributed by atoms with Gasteiger partial charge in [-0.3, -0.25) is 4.90 Å². The summed E-state index contributed by atoms with van der Waals surface area (Å²) in [6.07, 6.45) is 3.89. The molecule has 3 heteroatoms. The van der Waals surface area contributed by atoms with Crippen LogP contribution in [0.2, 0.25) is 0 Å². The van der Waals surface area contributed by atoms with E-state index in [0.717, 1.165) is 19.0 Å². The van der Waals surface area contributed by atoms with Gasteiger partial charge in [-0.05, 0) is 49.4 Å². The van der Waals surface area contributed by atoms with Crippen LogP contribution >= 0.6 is 0 Å². The highest BCUT2D eigenvalue weighted by molar-refractivity contribution is 5.20. The first-order valence-corrected chi connectivity index (χ1v) is 10.6. The molecule has 0 aromatic heterocycles. The molecule has 2 aromatic rings. The van der Waals surface area contributed by atoms with Crippen molar-refractivity contribution in [1.82, 2.24) is 15.1 Å². The second kappa shape index (κ2) is 9.50. The molecule has 1 atom stereocenters. The SMILES string of the molecule is c1ccc(CN2CCC(NCCN3CCC(c4ccccc4)CC3)C2)cc1. The normalized spacial score (nSPS) is 22.3. The molecule has 2 aliphatic heterocycles. The zero-order valence-electron chi connectivity index (χ0n) is 16.4. The van der Waals surface area contributed by atoms with E-state index in [9.17, 15) is 0 Å². The Morgan fingerprint density at radius 3 is 2.19 bits per heavy atom. The lowest BCUT2D eigenvalue weighted by molar-refractivity contribution is 0.210. The molecule has 3 nitrogen and oxygen atoms in total. The van der Waals surface area contributed by atoms with Crippen LogP contribution < -0.4 is 5.32 Å². The highest BCUT2D eigenvalue weighted by atomic mass is 15.2. The fraction of sp³-hybridized carbons (Fsp3) is 0.500. The molecule has 0 saturated carbocycles. The average molecular weight is 364 g/mol. The Morgan fingerprint density at radius 2 is 1.44 bits per heavy atom. The van der Waals surface area contributed by atoms with Gasteiger partial charge in [0.15, 0.2) is 0 Å². The molecule has 0 spiro atoms. The van der Waals surface area contributed by atoms with E-state index in [1.807, 2.05) is 0 Å². The minimum Gasteiger partial charge on any atom is -0.311 e. The second-order valence-corrected chi connectivity index (χ2v) is 8.19. The van der Waals surface area contributed by atoms with E-state index < -0.39 is 0 Å². The van der Waals surface area contributed by atoms with Crippen LogP contribution in [-0.2, 0) is 6.54 Å².